The third-order valence-corrected chi connectivity index (χ3v) is 11.0. The summed E-state index contributed by atoms with van der Waals surface area (Å²) in [6.07, 6.45) is -0.0129. The maximum Gasteiger partial charge on any atom is 0.320 e. The molecule has 0 spiro atoms. The first-order chi connectivity index (χ1) is 25.5. The molecule has 1 fully saturated rings. The molecule has 16 heteroatoms. The molecule has 15 nitrogen and oxygen atoms in total. The van der Waals surface area contributed by atoms with Gasteiger partial charge in [-0.1, -0.05) is 12.1 Å². The molecule has 2 aliphatic rings. The Labute approximate surface area is 327 Å². The van der Waals surface area contributed by atoms with Crippen molar-refractivity contribution in [3.05, 3.63) is 35.4 Å². The lowest BCUT2D eigenvalue weighted by Crippen LogP contribution is -2.49. The molecule has 1 unspecified atom stereocenters. The first-order valence-electron chi connectivity index (χ1n) is 19.2. The average Bonchev–Trinajstić information content (AvgIpc) is 3.27. The van der Waals surface area contributed by atoms with Crippen LogP contribution in [-0.4, -0.2) is 169 Å². The molecule has 2 aliphatic heterocycles. The van der Waals surface area contributed by atoms with Crippen molar-refractivity contribution in [3.63, 3.8) is 0 Å². The van der Waals surface area contributed by atoms with Gasteiger partial charge in [0.15, 0.2) is 0 Å². The number of amides is 2. The first kappa shape index (κ1) is 46.2. The van der Waals surface area contributed by atoms with Crippen molar-refractivity contribution in [2.45, 2.75) is 86.0 Å². The summed E-state index contributed by atoms with van der Waals surface area (Å²) in [6, 6.07) is 6.62. The van der Waals surface area contributed by atoms with Gasteiger partial charge in [-0.3, -0.25) is 53.0 Å². The third-order valence-electron chi connectivity index (χ3n) is 8.57. The van der Waals surface area contributed by atoms with Crippen molar-refractivity contribution in [1.29, 1.82) is 0 Å². The highest BCUT2D eigenvalue weighted by atomic mass is 31.2. The molecule has 1 atom stereocenters. The highest BCUT2D eigenvalue weighted by Gasteiger charge is 2.37. The minimum atomic E-state index is -3.46. The molecule has 1 aromatic rings. The molecule has 3 rings (SSSR count). The van der Waals surface area contributed by atoms with Gasteiger partial charge in [-0.25, -0.2) is 0 Å². The third kappa shape index (κ3) is 16.4. The largest absolute Gasteiger partial charge is 0.459 e. The van der Waals surface area contributed by atoms with Gasteiger partial charge in [0.25, 0.3) is 11.8 Å². The number of carbonyl (C=O) groups is 5. The Hall–Kier alpha value is -3.20. The van der Waals surface area contributed by atoms with E-state index in [1.54, 1.807) is 31.2 Å². The second-order valence-corrected chi connectivity index (χ2v) is 19.7. The fourth-order valence-electron chi connectivity index (χ4n) is 6.27. The van der Waals surface area contributed by atoms with E-state index in [0.717, 1.165) is 4.90 Å². The van der Waals surface area contributed by atoms with Crippen LogP contribution in [-0.2, 0) is 37.7 Å². The number of hydrogen-bond acceptors (Lipinski definition) is 14. The van der Waals surface area contributed by atoms with Crippen LogP contribution in [0.1, 0.15) is 90.0 Å². The van der Waals surface area contributed by atoms with E-state index in [1.165, 1.54) is 0 Å². The number of carbonyl (C=O) groups excluding carboxylic acids is 5. The Bertz CT molecular complexity index is 1470. The fourth-order valence-corrected chi connectivity index (χ4v) is 8.49. The second kappa shape index (κ2) is 19.8. The van der Waals surface area contributed by atoms with E-state index in [1.807, 2.05) is 81.9 Å². The number of hydrogen-bond donors (Lipinski definition) is 0. The number of benzene rings is 1. The van der Waals surface area contributed by atoms with Gasteiger partial charge in [0.05, 0.1) is 43.7 Å². The topological polar surface area (TPSA) is 156 Å². The highest BCUT2D eigenvalue weighted by molar-refractivity contribution is 7.58. The van der Waals surface area contributed by atoms with Crippen molar-refractivity contribution >= 4 is 37.1 Å². The molecule has 2 amide bonds. The SMILES string of the molecule is CCOP(=O)(CCN1C(=O)c2ccccc2C1=O)CN1CCN(CC(=O)OC(C)(C)C)CCN(CC(=O)OC(C)(C)C)CCN(CC(=O)OC(C)(C)C)CC1. The minimum absolute atomic E-state index is 0.000973. The Morgan fingerprint density at radius 1 is 0.600 bits per heavy atom. The number of fused-ring (bicyclic) bond motifs is 1. The van der Waals surface area contributed by atoms with E-state index in [2.05, 4.69) is 0 Å². The zero-order valence-corrected chi connectivity index (χ0v) is 35.6. The average molecular weight is 794 g/mol. The van der Waals surface area contributed by atoms with Crippen LogP contribution in [0.15, 0.2) is 24.3 Å². The van der Waals surface area contributed by atoms with E-state index in [-0.39, 0.29) is 51.2 Å². The Morgan fingerprint density at radius 3 is 1.24 bits per heavy atom. The summed E-state index contributed by atoms with van der Waals surface area (Å²) in [6.45, 7) is 21.3. The van der Waals surface area contributed by atoms with Crippen LogP contribution < -0.4 is 0 Å². The molecular weight excluding hydrogens is 729 g/mol. The lowest BCUT2D eigenvalue weighted by Gasteiger charge is -2.35. The van der Waals surface area contributed by atoms with Crippen molar-refractivity contribution < 1.29 is 47.3 Å². The van der Waals surface area contributed by atoms with Gasteiger partial charge in [-0.05, 0) is 81.4 Å². The monoisotopic (exact) mass is 793 g/mol. The molecule has 1 aromatic carbocycles. The molecule has 0 bridgehead atoms. The maximum absolute atomic E-state index is 14.5. The Morgan fingerprint density at radius 2 is 0.927 bits per heavy atom. The van der Waals surface area contributed by atoms with E-state index in [9.17, 15) is 28.5 Å². The molecule has 55 heavy (non-hydrogen) atoms. The van der Waals surface area contributed by atoms with Gasteiger partial charge in [0.1, 0.15) is 16.8 Å². The lowest BCUT2D eigenvalue weighted by molar-refractivity contribution is -0.158. The number of rotatable bonds is 13. The normalized spacial score (nSPS) is 18.9. The predicted molar refractivity (Wildman–Crippen MR) is 209 cm³/mol. The number of imide groups is 1. The molecule has 0 saturated carbocycles. The predicted octanol–water partition coefficient (Wildman–Crippen LogP) is 3.80. The van der Waals surface area contributed by atoms with Crippen LogP contribution >= 0.6 is 7.37 Å². The van der Waals surface area contributed by atoms with Crippen LogP contribution in [0.4, 0.5) is 0 Å². The summed E-state index contributed by atoms with van der Waals surface area (Å²) >= 11 is 0. The molecule has 1 saturated heterocycles. The van der Waals surface area contributed by atoms with Gasteiger partial charge in [0.2, 0.25) is 7.37 Å². The van der Waals surface area contributed by atoms with Crippen LogP contribution in [0, 0.1) is 0 Å². The summed E-state index contributed by atoms with van der Waals surface area (Å²) in [5.74, 6) is -2.02. The van der Waals surface area contributed by atoms with Crippen molar-refractivity contribution in [1.82, 2.24) is 24.5 Å². The highest BCUT2D eigenvalue weighted by Crippen LogP contribution is 2.47. The van der Waals surface area contributed by atoms with E-state index < -0.39 is 47.9 Å². The second-order valence-electron chi connectivity index (χ2n) is 17.1. The standard InChI is InChI=1S/C39H64N5O10P/c1-11-51-55(50,25-24-44-35(48)30-14-12-13-15-31(30)36(44)49)29-43-22-20-41(27-33(46)53-38(5,6)7)18-16-40(26-32(45)52-37(2,3)4)17-19-42(21-23-43)28-34(47)54-39(8,9)10/h12-15H,11,16-29H2,1-10H3. The fraction of sp³-hybridized carbons (Fsp3) is 0.718. The van der Waals surface area contributed by atoms with E-state index in [0.29, 0.717) is 63.5 Å². The van der Waals surface area contributed by atoms with Crippen LogP contribution in [0.2, 0.25) is 0 Å². The van der Waals surface area contributed by atoms with Gasteiger partial charge in [-0.2, -0.15) is 0 Å². The van der Waals surface area contributed by atoms with Crippen molar-refractivity contribution in [3.8, 4) is 0 Å². The Balaban J connectivity index is 1.87. The van der Waals surface area contributed by atoms with Gasteiger partial charge in [-0.15, -0.1) is 0 Å². The minimum Gasteiger partial charge on any atom is -0.459 e. The molecule has 0 N–H and O–H groups in total. The van der Waals surface area contributed by atoms with Crippen LogP contribution in [0.25, 0.3) is 0 Å². The zero-order chi connectivity index (χ0) is 41.2. The first-order valence-corrected chi connectivity index (χ1v) is 21.2. The summed E-state index contributed by atoms with van der Waals surface area (Å²) in [5.41, 5.74) is -1.38. The van der Waals surface area contributed by atoms with Gasteiger partial charge < -0.3 is 18.7 Å². The van der Waals surface area contributed by atoms with Gasteiger partial charge in [0, 0.05) is 65.1 Å². The maximum atomic E-state index is 14.5. The van der Waals surface area contributed by atoms with Crippen LogP contribution in [0.3, 0.4) is 0 Å². The molecular formula is C39H64N5O10P. The lowest BCUT2D eigenvalue weighted by atomic mass is 10.1. The molecule has 2 heterocycles. The number of nitrogens with zero attached hydrogens (tertiary/aromatic N) is 5. The number of esters is 3. The van der Waals surface area contributed by atoms with Crippen LogP contribution in [0.5, 0.6) is 0 Å². The van der Waals surface area contributed by atoms with Crippen molar-refractivity contribution in [2.24, 2.45) is 0 Å². The van der Waals surface area contributed by atoms with Crippen molar-refractivity contribution in [2.75, 3.05) is 97.6 Å². The zero-order valence-electron chi connectivity index (χ0n) is 34.7. The molecule has 0 aromatic heterocycles. The summed E-state index contributed by atoms with van der Waals surface area (Å²) in [4.78, 5) is 74.3. The van der Waals surface area contributed by atoms with E-state index in [4.69, 9.17) is 18.7 Å². The molecule has 310 valence electrons. The summed E-state index contributed by atoms with van der Waals surface area (Å²) in [7, 11) is -3.46. The molecule has 0 radical (unpaired) electrons. The van der Waals surface area contributed by atoms with E-state index >= 15 is 0 Å². The quantitative estimate of drug-likeness (QED) is 0.123. The van der Waals surface area contributed by atoms with Gasteiger partial charge >= 0.3 is 17.9 Å². The number of ether oxygens (including phenoxy) is 3. The summed E-state index contributed by atoms with van der Waals surface area (Å²) in [5, 5.41) is 0. The molecule has 0 aliphatic carbocycles. The smallest absolute Gasteiger partial charge is 0.320 e. The Kier molecular flexibility index (Phi) is 16.6. The summed E-state index contributed by atoms with van der Waals surface area (Å²) < 4.78 is 37.4.